The van der Waals surface area contributed by atoms with Crippen molar-refractivity contribution in [2.24, 2.45) is 0 Å². The maximum atomic E-state index is 13.4. The van der Waals surface area contributed by atoms with Gasteiger partial charge in [0.1, 0.15) is 5.82 Å². The lowest BCUT2D eigenvalue weighted by Gasteiger charge is -2.05. The number of aryl methyl sites for hydroxylation is 1. The van der Waals surface area contributed by atoms with Crippen LogP contribution in [-0.2, 0) is 0 Å². The van der Waals surface area contributed by atoms with Crippen molar-refractivity contribution in [3.63, 3.8) is 0 Å². The van der Waals surface area contributed by atoms with Gasteiger partial charge >= 0.3 is 0 Å². The summed E-state index contributed by atoms with van der Waals surface area (Å²) in [6, 6.07) is 6.85. The Bertz CT molecular complexity index is 543. The molecule has 16 heavy (non-hydrogen) atoms. The van der Waals surface area contributed by atoms with Crippen molar-refractivity contribution in [3.8, 4) is 10.4 Å². The van der Waals surface area contributed by atoms with Crippen LogP contribution in [0.5, 0.6) is 0 Å². The number of hydrogen-bond acceptors (Lipinski definition) is 2. The van der Waals surface area contributed by atoms with Gasteiger partial charge in [-0.2, -0.15) is 0 Å². The van der Waals surface area contributed by atoms with E-state index in [1.54, 1.807) is 13.0 Å². The van der Waals surface area contributed by atoms with E-state index in [0.29, 0.717) is 10.4 Å². The van der Waals surface area contributed by atoms with Crippen LogP contribution in [0.25, 0.3) is 10.4 Å². The molecule has 0 bridgehead atoms. The van der Waals surface area contributed by atoms with E-state index in [0.717, 1.165) is 22.3 Å². The SMILES string of the molecule is Cc1cc(C=O)sc1-c1cccc(F)c1C. The average molecular weight is 234 g/mol. The third-order valence-electron chi connectivity index (χ3n) is 2.57. The molecule has 82 valence electrons. The van der Waals surface area contributed by atoms with Crippen LogP contribution >= 0.6 is 11.3 Å². The van der Waals surface area contributed by atoms with Crippen molar-refractivity contribution in [3.05, 3.63) is 46.1 Å². The Hall–Kier alpha value is -1.48. The van der Waals surface area contributed by atoms with Gasteiger partial charge in [0.2, 0.25) is 0 Å². The summed E-state index contributed by atoms with van der Waals surface area (Å²) in [5, 5.41) is 0. The van der Waals surface area contributed by atoms with Crippen LogP contribution in [0, 0.1) is 19.7 Å². The number of carbonyl (C=O) groups is 1. The maximum Gasteiger partial charge on any atom is 0.160 e. The molecule has 0 N–H and O–H groups in total. The molecule has 0 aliphatic heterocycles. The first-order chi connectivity index (χ1) is 7.63. The fourth-order valence-electron chi connectivity index (χ4n) is 1.69. The highest BCUT2D eigenvalue weighted by molar-refractivity contribution is 7.17. The number of halogens is 1. The third kappa shape index (κ3) is 1.78. The Balaban J connectivity index is 2.62. The minimum atomic E-state index is -0.210. The second-order valence-corrected chi connectivity index (χ2v) is 4.77. The molecule has 0 radical (unpaired) electrons. The standard InChI is InChI=1S/C13H11FOS/c1-8-6-10(7-15)16-13(8)11-4-3-5-12(14)9(11)2/h3-7H,1-2H3. The van der Waals surface area contributed by atoms with Crippen molar-refractivity contribution >= 4 is 17.6 Å². The van der Waals surface area contributed by atoms with E-state index in [1.165, 1.54) is 17.4 Å². The molecule has 0 spiro atoms. The highest BCUT2D eigenvalue weighted by atomic mass is 32.1. The summed E-state index contributed by atoms with van der Waals surface area (Å²) in [4.78, 5) is 12.3. The highest BCUT2D eigenvalue weighted by Gasteiger charge is 2.11. The van der Waals surface area contributed by atoms with Crippen LogP contribution in [-0.4, -0.2) is 6.29 Å². The summed E-state index contributed by atoms with van der Waals surface area (Å²) in [6.45, 7) is 3.69. The predicted octanol–water partition coefficient (Wildman–Crippen LogP) is 3.98. The zero-order valence-electron chi connectivity index (χ0n) is 9.08. The van der Waals surface area contributed by atoms with E-state index in [2.05, 4.69) is 0 Å². The predicted molar refractivity (Wildman–Crippen MR) is 64.6 cm³/mol. The lowest BCUT2D eigenvalue weighted by Crippen LogP contribution is -1.86. The fraction of sp³-hybridized carbons (Fsp3) is 0.154. The van der Waals surface area contributed by atoms with Gasteiger partial charge in [0.05, 0.1) is 4.88 Å². The van der Waals surface area contributed by atoms with Crippen molar-refractivity contribution < 1.29 is 9.18 Å². The Morgan fingerprint density at radius 1 is 1.31 bits per heavy atom. The minimum absolute atomic E-state index is 0.210. The normalized spacial score (nSPS) is 10.4. The average Bonchev–Trinajstić information content (AvgIpc) is 2.64. The van der Waals surface area contributed by atoms with E-state index in [1.807, 2.05) is 19.1 Å². The van der Waals surface area contributed by atoms with Gasteiger partial charge in [-0.3, -0.25) is 4.79 Å². The van der Waals surface area contributed by atoms with Crippen LogP contribution in [0.4, 0.5) is 4.39 Å². The summed E-state index contributed by atoms with van der Waals surface area (Å²) in [5.74, 6) is -0.210. The summed E-state index contributed by atoms with van der Waals surface area (Å²) in [5.41, 5.74) is 2.52. The molecule has 0 atom stereocenters. The molecule has 1 nitrogen and oxygen atoms in total. The molecule has 0 unspecified atom stereocenters. The lowest BCUT2D eigenvalue weighted by atomic mass is 10.0. The van der Waals surface area contributed by atoms with Crippen molar-refractivity contribution in [2.75, 3.05) is 0 Å². The molecular formula is C13H11FOS. The summed E-state index contributed by atoms with van der Waals surface area (Å²) >= 11 is 1.40. The van der Waals surface area contributed by atoms with Crippen LogP contribution in [0.3, 0.4) is 0 Å². The van der Waals surface area contributed by atoms with Crippen LogP contribution in [0.15, 0.2) is 24.3 Å². The van der Waals surface area contributed by atoms with E-state index >= 15 is 0 Å². The smallest absolute Gasteiger partial charge is 0.160 e. The number of thiophene rings is 1. The van der Waals surface area contributed by atoms with E-state index in [9.17, 15) is 9.18 Å². The van der Waals surface area contributed by atoms with E-state index in [4.69, 9.17) is 0 Å². The highest BCUT2D eigenvalue weighted by Crippen LogP contribution is 2.34. The molecule has 2 aromatic rings. The molecule has 0 aliphatic carbocycles. The van der Waals surface area contributed by atoms with Gasteiger partial charge in [-0.15, -0.1) is 11.3 Å². The first kappa shape index (κ1) is 11.0. The Labute approximate surface area is 97.6 Å². The van der Waals surface area contributed by atoms with Crippen LogP contribution < -0.4 is 0 Å². The Kier molecular flexibility index (Phi) is 2.88. The fourth-order valence-corrected chi connectivity index (χ4v) is 2.76. The summed E-state index contributed by atoms with van der Waals surface area (Å²) in [7, 11) is 0. The largest absolute Gasteiger partial charge is 0.297 e. The monoisotopic (exact) mass is 234 g/mol. The molecular weight excluding hydrogens is 223 g/mol. The lowest BCUT2D eigenvalue weighted by molar-refractivity contribution is 0.112. The van der Waals surface area contributed by atoms with Gasteiger partial charge in [0.15, 0.2) is 6.29 Å². The van der Waals surface area contributed by atoms with Crippen LogP contribution in [0.2, 0.25) is 0 Å². The topological polar surface area (TPSA) is 17.1 Å². The van der Waals surface area contributed by atoms with Gasteiger partial charge in [-0.05, 0) is 42.7 Å². The number of rotatable bonds is 2. The maximum absolute atomic E-state index is 13.4. The first-order valence-electron chi connectivity index (χ1n) is 4.94. The summed E-state index contributed by atoms with van der Waals surface area (Å²) in [6.07, 6.45) is 0.829. The van der Waals surface area contributed by atoms with Crippen molar-refractivity contribution in [1.29, 1.82) is 0 Å². The molecule has 1 heterocycles. The van der Waals surface area contributed by atoms with Crippen molar-refractivity contribution in [1.82, 2.24) is 0 Å². The molecule has 0 amide bonds. The van der Waals surface area contributed by atoms with E-state index < -0.39 is 0 Å². The van der Waals surface area contributed by atoms with E-state index in [-0.39, 0.29) is 5.82 Å². The molecule has 1 aromatic carbocycles. The number of benzene rings is 1. The Morgan fingerprint density at radius 3 is 2.69 bits per heavy atom. The minimum Gasteiger partial charge on any atom is -0.297 e. The molecule has 3 heteroatoms. The molecule has 0 saturated heterocycles. The first-order valence-corrected chi connectivity index (χ1v) is 5.76. The molecule has 0 saturated carbocycles. The number of aldehydes is 1. The second kappa shape index (κ2) is 4.18. The van der Waals surface area contributed by atoms with Crippen LogP contribution in [0.1, 0.15) is 20.8 Å². The zero-order valence-corrected chi connectivity index (χ0v) is 9.90. The zero-order chi connectivity index (χ0) is 11.7. The Morgan fingerprint density at radius 2 is 2.06 bits per heavy atom. The van der Waals surface area contributed by atoms with Gasteiger partial charge in [0, 0.05) is 4.88 Å². The van der Waals surface area contributed by atoms with Gasteiger partial charge in [-0.1, -0.05) is 12.1 Å². The number of carbonyl (C=O) groups excluding carboxylic acids is 1. The molecule has 0 fully saturated rings. The van der Waals surface area contributed by atoms with Gasteiger partial charge < -0.3 is 0 Å². The second-order valence-electron chi connectivity index (χ2n) is 3.69. The quantitative estimate of drug-likeness (QED) is 0.718. The summed E-state index contributed by atoms with van der Waals surface area (Å²) < 4.78 is 13.4. The molecule has 2 rings (SSSR count). The number of hydrogen-bond donors (Lipinski definition) is 0. The molecule has 0 aliphatic rings. The molecule has 1 aromatic heterocycles. The van der Waals surface area contributed by atoms with Crippen molar-refractivity contribution in [2.45, 2.75) is 13.8 Å². The van der Waals surface area contributed by atoms with Gasteiger partial charge in [0.25, 0.3) is 0 Å². The van der Waals surface area contributed by atoms with Gasteiger partial charge in [-0.25, -0.2) is 4.39 Å². The third-order valence-corrected chi connectivity index (χ3v) is 3.76.